The Hall–Kier alpha value is -0.580. The second kappa shape index (κ2) is 7.12. The topological polar surface area (TPSA) is 55.1 Å². The highest BCUT2D eigenvalue weighted by Gasteiger charge is 2.51. The first-order chi connectivity index (χ1) is 9.46. The molecule has 1 aliphatic carbocycles. The lowest BCUT2D eigenvalue weighted by Gasteiger charge is -2.28. The zero-order chi connectivity index (χ0) is 14.8. The van der Waals surface area contributed by atoms with Crippen molar-refractivity contribution in [2.45, 2.75) is 50.5 Å². The number of carbonyl (C=O) groups excluding carboxylic acids is 1. The molecule has 0 atom stereocenters. The lowest BCUT2D eigenvalue weighted by molar-refractivity contribution is -0.123. The number of carbonyl (C=O) groups is 1. The molecule has 0 aromatic heterocycles. The maximum Gasteiger partial charge on any atom is 0.230 e. The zero-order valence-electron chi connectivity index (χ0n) is 12.6. The number of hydrogen-bond donors (Lipinski definition) is 2. The maximum atomic E-state index is 12.5. The first-order valence-electron chi connectivity index (χ1n) is 7.29. The van der Waals surface area contributed by atoms with Gasteiger partial charge in [0.25, 0.3) is 0 Å². The monoisotopic (exact) mass is 374 g/mol. The van der Waals surface area contributed by atoms with E-state index in [4.69, 9.17) is 5.73 Å². The van der Waals surface area contributed by atoms with Crippen molar-refractivity contribution in [3.05, 3.63) is 34.3 Å². The molecule has 5 heteroatoms. The standard InChI is InChI=1S/C16H23BrN2O.ClH/c1-3-15(18,4-2)11-19-14(20)16(8-9-16)12-6-5-7-13(17)10-12;/h5-7,10H,3-4,8-9,11,18H2,1-2H3,(H,19,20);1H. The van der Waals surface area contributed by atoms with Crippen LogP contribution in [-0.4, -0.2) is 18.0 Å². The summed E-state index contributed by atoms with van der Waals surface area (Å²) >= 11 is 3.47. The Labute approximate surface area is 141 Å². The predicted octanol–water partition coefficient (Wildman–Crippen LogP) is 3.54. The number of benzene rings is 1. The van der Waals surface area contributed by atoms with E-state index in [1.165, 1.54) is 0 Å². The summed E-state index contributed by atoms with van der Waals surface area (Å²) in [4.78, 5) is 12.5. The molecule has 3 N–H and O–H groups in total. The van der Waals surface area contributed by atoms with Crippen molar-refractivity contribution in [2.75, 3.05) is 6.54 Å². The summed E-state index contributed by atoms with van der Waals surface area (Å²) in [5, 5.41) is 3.07. The molecule has 2 rings (SSSR count). The van der Waals surface area contributed by atoms with Crippen molar-refractivity contribution in [1.29, 1.82) is 0 Å². The summed E-state index contributed by atoms with van der Waals surface area (Å²) in [5.74, 6) is 0.118. The Morgan fingerprint density at radius 1 is 1.38 bits per heavy atom. The summed E-state index contributed by atoms with van der Waals surface area (Å²) in [6, 6.07) is 8.04. The third kappa shape index (κ3) is 3.99. The maximum absolute atomic E-state index is 12.5. The van der Waals surface area contributed by atoms with Crippen LogP contribution < -0.4 is 11.1 Å². The SMILES string of the molecule is CCC(N)(CC)CNC(=O)C1(c2cccc(Br)c2)CC1.Cl. The van der Waals surface area contributed by atoms with E-state index in [0.29, 0.717) is 6.54 Å². The van der Waals surface area contributed by atoms with Crippen LogP contribution in [0.4, 0.5) is 0 Å². The highest BCUT2D eigenvalue weighted by Crippen LogP contribution is 2.48. The second-order valence-corrected chi connectivity index (χ2v) is 6.76. The van der Waals surface area contributed by atoms with Gasteiger partial charge in [-0.15, -0.1) is 12.4 Å². The molecular formula is C16H24BrClN2O. The fourth-order valence-corrected chi connectivity index (χ4v) is 2.88. The van der Waals surface area contributed by atoms with Crippen molar-refractivity contribution < 1.29 is 4.79 Å². The van der Waals surface area contributed by atoms with E-state index < -0.39 is 0 Å². The summed E-state index contributed by atoms with van der Waals surface area (Å²) < 4.78 is 1.02. The Morgan fingerprint density at radius 3 is 2.48 bits per heavy atom. The molecule has 1 aliphatic rings. The van der Waals surface area contributed by atoms with Gasteiger partial charge in [0.1, 0.15) is 0 Å². The van der Waals surface area contributed by atoms with Crippen LogP contribution in [0.3, 0.4) is 0 Å². The van der Waals surface area contributed by atoms with Crippen LogP contribution in [0.2, 0.25) is 0 Å². The minimum absolute atomic E-state index is 0. The minimum Gasteiger partial charge on any atom is -0.353 e. The average molecular weight is 376 g/mol. The normalized spacial score (nSPS) is 16.0. The van der Waals surface area contributed by atoms with E-state index in [9.17, 15) is 4.79 Å². The molecule has 0 bridgehead atoms. The van der Waals surface area contributed by atoms with Gasteiger partial charge in [0, 0.05) is 16.6 Å². The highest BCUT2D eigenvalue weighted by molar-refractivity contribution is 9.10. The van der Waals surface area contributed by atoms with Gasteiger partial charge >= 0.3 is 0 Å². The quantitative estimate of drug-likeness (QED) is 0.799. The third-order valence-electron chi connectivity index (χ3n) is 4.57. The molecule has 1 saturated carbocycles. The average Bonchev–Trinajstić information content (AvgIpc) is 3.26. The molecule has 1 aromatic carbocycles. The van der Waals surface area contributed by atoms with Crippen molar-refractivity contribution >= 4 is 34.2 Å². The Kier molecular flexibility index (Phi) is 6.26. The second-order valence-electron chi connectivity index (χ2n) is 5.84. The van der Waals surface area contributed by atoms with Gasteiger partial charge < -0.3 is 11.1 Å². The molecule has 0 aliphatic heterocycles. The Bertz CT molecular complexity index is 499. The molecule has 21 heavy (non-hydrogen) atoms. The number of nitrogens with one attached hydrogen (secondary N) is 1. The molecular weight excluding hydrogens is 352 g/mol. The van der Waals surface area contributed by atoms with Crippen molar-refractivity contribution in [3.8, 4) is 0 Å². The van der Waals surface area contributed by atoms with Crippen LogP contribution in [0.25, 0.3) is 0 Å². The summed E-state index contributed by atoms with van der Waals surface area (Å²) in [7, 11) is 0. The van der Waals surface area contributed by atoms with E-state index in [0.717, 1.165) is 35.7 Å². The van der Waals surface area contributed by atoms with Gasteiger partial charge in [-0.05, 0) is 43.4 Å². The number of nitrogens with two attached hydrogens (primary N) is 1. The zero-order valence-corrected chi connectivity index (χ0v) is 15.0. The van der Waals surface area contributed by atoms with Crippen LogP contribution in [0.15, 0.2) is 28.7 Å². The Balaban J connectivity index is 0.00000220. The number of amides is 1. The van der Waals surface area contributed by atoms with Crippen LogP contribution in [0.1, 0.15) is 45.1 Å². The van der Waals surface area contributed by atoms with Gasteiger partial charge in [-0.25, -0.2) is 0 Å². The number of halogens is 2. The van der Waals surface area contributed by atoms with Gasteiger partial charge in [0.05, 0.1) is 5.41 Å². The van der Waals surface area contributed by atoms with E-state index in [1.807, 2.05) is 24.3 Å². The third-order valence-corrected chi connectivity index (χ3v) is 5.06. The molecule has 3 nitrogen and oxygen atoms in total. The van der Waals surface area contributed by atoms with Crippen molar-refractivity contribution in [1.82, 2.24) is 5.32 Å². The summed E-state index contributed by atoms with van der Waals surface area (Å²) in [6.07, 6.45) is 3.58. The molecule has 0 heterocycles. The van der Waals surface area contributed by atoms with Gasteiger partial charge in [-0.3, -0.25) is 4.79 Å². The first kappa shape index (κ1) is 18.5. The molecule has 0 radical (unpaired) electrons. The molecule has 0 saturated heterocycles. The molecule has 1 amide bonds. The van der Waals surface area contributed by atoms with Crippen LogP contribution in [0.5, 0.6) is 0 Å². The van der Waals surface area contributed by atoms with Crippen LogP contribution in [-0.2, 0) is 10.2 Å². The lowest BCUT2D eigenvalue weighted by Crippen LogP contribution is -2.51. The van der Waals surface area contributed by atoms with Gasteiger partial charge in [-0.1, -0.05) is 41.9 Å². The van der Waals surface area contributed by atoms with Gasteiger partial charge in [-0.2, -0.15) is 0 Å². The molecule has 1 fully saturated rings. The largest absolute Gasteiger partial charge is 0.353 e. The van der Waals surface area contributed by atoms with E-state index in [1.54, 1.807) is 0 Å². The minimum atomic E-state index is -0.327. The predicted molar refractivity (Wildman–Crippen MR) is 92.8 cm³/mol. The highest BCUT2D eigenvalue weighted by atomic mass is 79.9. The smallest absolute Gasteiger partial charge is 0.230 e. The molecule has 0 unspecified atom stereocenters. The lowest BCUT2D eigenvalue weighted by atomic mass is 9.92. The number of hydrogen-bond acceptors (Lipinski definition) is 2. The molecule has 0 spiro atoms. The number of rotatable bonds is 6. The molecule has 1 aromatic rings. The van der Waals surface area contributed by atoms with Crippen molar-refractivity contribution in [3.63, 3.8) is 0 Å². The fraction of sp³-hybridized carbons (Fsp3) is 0.562. The van der Waals surface area contributed by atoms with Crippen LogP contribution in [0, 0.1) is 0 Å². The first-order valence-corrected chi connectivity index (χ1v) is 8.08. The Morgan fingerprint density at radius 2 is 2.00 bits per heavy atom. The van der Waals surface area contributed by atoms with Crippen LogP contribution >= 0.6 is 28.3 Å². The van der Waals surface area contributed by atoms with Gasteiger partial charge in [0.15, 0.2) is 0 Å². The van der Waals surface area contributed by atoms with E-state index in [2.05, 4.69) is 35.1 Å². The fourth-order valence-electron chi connectivity index (χ4n) is 2.48. The summed E-state index contributed by atoms with van der Waals surface area (Å²) in [6.45, 7) is 4.68. The van der Waals surface area contributed by atoms with Crippen molar-refractivity contribution in [2.24, 2.45) is 5.73 Å². The van der Waals surface area contributed by atoms with E-state index >= 15 is 0 Å². The van der Waals surface area contributed by atoms with Gasteiger partial charge in [0.2, 0.25) is 5.91 Å². The summed E-state index contributed by atoms with van der Waals surface area (Å²) in [5.41, 5.74) is 6.73. The molecule has 118 valence electrons. The van der Waals surface area contributed by atoms with E-state index in [-0.39, 0.29) is 29.3 Å².